The number of allylic oxidation sites excluding steroid dienone is 4. The summed E-state index contributed by atoms with van der Waals surface area (Å²) in [6.07, 6.45) is 3.78. The van der Waals surface area contributed by atoms with Gasteiger partial charge in [-0.3, -0.25) is 14.4 Å². The first-order chi connectivity index (χ1) is 14.4. The largest absolute Gasteiger partial charge is 0.458 e. The van der Waals surface area contributed by atoms with Gasteiger partial charge in [0.15, 0.2) is 11.6 Å². The van der Waals surface area contributed by atoms with Crippen LogP contribution in [0.2, 0.25) is 0 Å². The van der Waals surface area contributed by atoms with E-state index in [0.29, 0.717) is 12.0 Å². The second-order valence-electron chi connectivity index (χ2n) is 10.4. The minimum Gasteiger partial charge on any atom is -0.458 e. The zero-order chi connectivity index (χ0) is 22.9. The Morgan fingerprint density at radius 2 is 1.97 bits per heavy atom. The Bertz CT molecular complexity index is 898. The summed E-state index contributed by atoms with van der Waals surface area (Å²) in [4.78, 5) is 36.3. The quantitative estimate of drug-likeness (QED) is 0.475. The minimum absolute atomic E-state index is 0.0132. The fraction of sp³-hybridized carbons (Fsp3) is 0.708. The Kier molecular flexibility index (Phi) is 5.41. The molecule has 0 spiro atoms. The highest BCUT2D eigenvalue weighted by molar-refractivity contribution is 9.10. The summed E-state index contributed by atoms with van der Waals surface area (Å²) < 4.78 is 19.6. The smallest absolute Gasteiger partial charge is 0.303 e. The molecule has 0 radical (unpaired) electrons. The lowest BCUT2D eigenvalue weighted by Gasteiger charge is -2.64. The zero-order valence-electron chi connectivity index (χ0n) is 18.4. The van der Waals surface area contributed by atoms with Gasteiger partial charge in [0, 0.05) is 18.3 Å². The number of esters is 1. The van der Waals surface area contributed by atoms with E-state index in [9.17, 15) is 19.5 Å². The van der Waals surface area contributed by atoms with Gasteiger partial charge in [-0.05, 0) is 60.2 Å². The Morgan fingerprint density at radius 1 is 1.29 bits per heavy atom. The van der Waals surface area contributed by atoms with Crippen LogP contribution in [0.5, 0.6) is 0 Å². The summed E-state index contributed by atoms with van der Waals surface area (Å²) in [7, 11) is 0. The number of carbonyl (C=O) groups is 3. The van der Waals surface area contributed by atoms with Gasteiger partial charge in [-0.1, -0.05) is 42.8 Å². The van der Waals surface area contributed by atoms with Crippen LogP contribution in [0.4, 0.5) is 4.39 Å². The second kappa shape index (κ2) is 7.34. The molecule has 9 atom stereocenters. The average Bonchev–Trinajstić information content (AvgIpc) is 2.94. The Balaban J connectivity index is 1.74. The molecule has 0 aromatic carbocycles. The molecule has 170 valence electrons. The third kappa shape index (κ3) is 3.05. The average molecular weight is 497 g/mol. The molecule has 4 rings (SSSR count). The predicted molar refractivity (Wildman–Crippen MR) is 116 cm³/mol. The van der Waals surface area contributed by atoms with Crippen LogP contribution in [-0.2, 0) is 19.1 Å². The molecule has 0 aliphatic heterocycles. The summed E-state index contributed by atoms with van der Waals surface area (Å²) in [5.41, 5.74) is -0.944. The van der Waals surface area contributed by atoms with Crippen molar-refractivity contribution < 1.29 is 28.6 Å². The molecule has 0 bridgehead atoms. The molecule has 3 fully saturated rings. The van der Waals surface area contributed by atoms with Crippen molar-refractivity contribution in [2.24, 2.45) is 34.5 Å². The highest BCUT2D eigenvalue weighted by Gasteiger charge is 2.71. The topological polar surface area (TPSA) is 80.7 Å². The molecule has 0 aromatic rings. The summed E-state index contributed by atoms with van der Waals surface area (Å²) in [5, 5.41) is 11.5. The van der Waals surface area contributed by atoms with Crippen LogP contribution in [0.25, 0.3) is 0 Å². The van der Waals surface area contributed by atoms with Gasteiger partial charge in [0.05, 0.1) is 10.4 Å². The zero-order valence-corrected chi connectivity index (χ0v) is 19.9. The van der Waals surface area contributed by atoms with Crippen LogP contribution >= 0.6 is 15.9 Å². The molecule has 0 unspecified atom stereocenters. The van der Waals surface area contributed by atoms with Crippen molar-refractivity contribution in [2.75, 3.05) is 6.61 Å². The third-order valence-electron chi connectivity index (χ3n) is 8.73. The monoisotopic (exact) mass is 496 g/mol. The Morgan fingerprint density at radius 3 is 2.61 bits per heavy atom. The standard InChI is InChI=1S/C24H30BrFO5/c1-12-7-15-16-9-18(26)17-8-14(28)5-6-23(17,4)24(16,25)20(30)10-22(15,3)21(12)19(29)11-31-13(2)27/h5-6,8,12,15-16,18,20-21,30H,7,9-11H2,1-4H3/t12-,15+,16-,18+,20-,21+,22-,23-,24+/m0/s1. The molecule has 0 saturated heterocycles. The van der Waals surface area contributed by atoms with Gasteiger partial charge in [-0.2, -0.15) is 0 Å². The van der Waals surface area contributed by atoms with Gasteiger partial charge in [-0.15, -0.1) is 0 Å². The van der Waals surface area contributed by atoms with E-state index in [1.54, 1.807) is 6.08 Å². The molecule has 5 nitrogen and oxygen atoms in total. The number of hydrogen-bond donors (Lipinski definition) is 1. The first-order valence-electron chi connectivity index (χ1n) is 11.0. The maximum atomic E-state index is 15.5. The number of halogens is 2. The van der Waals surface area contributed by atoms with Crippen LogP contribution < -0.4 is 0 Å². The van der Waals surface area contributed by atoms with E-state index in [4.69, 9.17) is 4.74 Å². The van der Waals surface area contributed by atoms with Gasteiger partial charge in [0.1, 0.15) is 12.8 Å². The summed E-state index contributed by atoms with van der Waals surface area (Å²) in [5.74, 6) is -1.40. The molecule has 7 heteroatoms. The van der Waals surface area contributed by atoms with Crippen molar-refractivity contribution in [3.8, 4) is 0 Å². The molecule has 0 amide bonds. The van der Waals surface area contributed by atoms with Crippen molar-refractivity contribution in [2.45, 2.75) is 63.6 Å². The lowest BCUT2D eigenvalue weighted by atomic mass is 9.46. The summed E-state index contributed by atoms with van der Waals surface area (Å²) >= 11 is 3.90. The number of fused-ring (bicyclic) bond motifs is 5. The van der Waals surface area contributed by atoms with Crippen molar-refractivity contribution in [3.63, 3.8) is 0 Å². The first kappa shape index (κ1) is 22.8. The third-order valence-corrected chi connectivity index (χ3v) is 10.7. The maximum Gasteiger partial charge on any atom is 0.303 e. The van der Waals surface area contributed by atoms with Crippen LogP contribution in [0.1, 0.15) is 47.0 Å². The second-order valence-corrected chi connectivity index (χ2v) is 11.7. The minimum atomic E-state index is -1.28. The Labute approximate surface area is 190 Å². The van der Waals surface area contributed by atoms with Gasteiger partial charge < -0.3 is 9.84 Å². The Hall–Kier alpha value is -1.34. The molecule has 31 heavy (non-hydrogen) atoms. The van der Waals surface area contributed by atoms with E-state index < -0.39 is 33.4 Å². The molecule has 4 aliphatic carbocycles. The number of ether oxygens (including phenoxy) is 1. The van der Waals surface area contributed by atoms with Crippen LogP contribution in [0.3, 0.4) is 0 Å². The number of hydrogen-bond acceptors (Lipinski definition) is 5. The fourth-order valence-corrected chi connectivity index (χ4v) is 8.55. The molecule has 0 aromatic heterocycles. The van der Waals surface area contributed by atoms with E-state index in [2.05, 4.69) is 15.9 Å². The molecule has 3 saturated carbocycles. The van der Waals surface area contributed by atoms with Crippen molar-refractivity contribution in [1.29, 1.82) is 0 Å². The van der Waals surface area contributed by atoms with E-state index in [0.717, 1.165) is 6.42 Å². The molecule has 4 aliphatic rings. The van der Waals surface area contributed by atoms with Crippen LogP contribution in [0, 0.1) is 34.5 Å². The SMILES string of the molecule is CC(=O)OCC(=O)[C@H]1[C@@H](C)C[C@@H]2[C@@H]3C[C@@H](F)C4=CC(=O)C=C[C@]4(C)[C@]3(Br)[C@@H](O)C[C@@]21C. The number of aliphatic hydroxyl groups excluding tert-OH is 1. The molecule has 1 N–H and O–H groups in total. The summed E-state index contributed by atoms with van der Waals surface area (Å²) in [6.45, 7) is 6.94. The molecular formula is C24H30BrFO5. The number of Topliss-reactive ketones (excluding diaryl/α,β-unsaturated/α-hetero) is 1. The lowest BCUT2D eigenvalue weighted by Crippen LogP contribution is -2.67. The van der Waals surface area contributed by atoms with E-state index in [1.807, 2.05) is 20.8 Å². The predicted octanol–water partition coefficient (Wildman–Crippen LogP) is 3.73. The number of alkyl halides is 2. The molecular weight excluding hydrogens is 467 g/mol. The number of carbonyl (C=O) groups excluding carboxylic acids is 3. The van der Waals surface area contributed by atoms with Crippen molar-refractivity contribution >= 4 is 33.5 Å². The number of rotatable bonds is 3. The highest BCUT2D eigenvalue weighted by Crippen LogP contribution is 2.71. The number of ketones is 2. The number of aliphatic hydroxyl groups is 1. The van der Waals surface area contributed by atoms with E-state index >= 15 is 4.39 Å². The van der Waals surface area contributed by atoms with Crippen LogP contribution in [-0.4, -0.2) is 45.8 Å². The van der Waals surface area contributed by atoms with Gasteiger partial charge in [0.2, 0.25) is 0 Å². The van der Waals surface area contributed by atoms with E-state index in [1.165, 1.54) is 19.1 Å². The lowest BCUT2D eigenvalue weighted by molar-refractivity contribution is -0.151. The summed E-state index contributed by atoms with van der Waals surface area (Å²) in [6, 6.07) is 0. The maximum absolute atomic E-state index is 15.5. The van der Waals surface area contributed by atoms with Gasteiger partial charge in [0.25, 0.3) is 0 Å². The normalized spacial score (nSPS) is 48.4. The van der Waals surface area contributed by atoms with Gasteiger partial charge in [-0.25, -0.2) is 4.39 Å². The highest BCUT2D eigenvalue weighted by atomic mass is 79.9. The van der Waals surface area contributed by atoms with Crippen molar-refractivity contribution in [1.82, 2.24) is 0 Å². The fourth-order valence-electron chi connectivity index (χ4n) is 7.52. The first-order valence-corrected chi connectivity index (χ1v) is 11.8. The van der Waals surface area contributed by atoms with E-state index in [-0.39, 0.29) is 48.3 Å². The van der Waals surface area contributed by atoms with Gasteiger partial charge >= 0.3 is 5.97 Å². The molecule has 0 heterocycles. The van der Waals surface area contributed by atoms with Crippen molar-refractivity contribution in [3.05, 3.63) is 23.8 Å². The van der Waals surface area contributed by atoms with Crippen LogP contribution in [0.15, 0.2) is 23.8 Å².